The summed E-state index contributed by atoms with van der Waals surface area (Å²) in [4.78, 5) is 24.6. The third-order valence-corrected chi connectivity index (χ3v) is 6.15. The first kappa shape index (κ1) is 23.5. The Labute approximate surface area is 198 Å². The van der Waals surface area contributed by atoms with Gasteiger partial charge in [-0.1, -0.05) is 24.8 Å². The molecule has 2 atom stereocenters. The average molecular weight is 464 g/mol. The lowest BCUT2D eigenvalue weighted by atomic mass is 9.94. The van der Waals surface area contributed by atoms with E-state index in [-0.39, 0.29) is 18.1 Å². The van der Waals surface area contributed by atoms with Crippen molar-refractivity contribution in [2.24, 2.45) is 0 Å². The number of aromatic hydroxyl groups is 1. The van der Waals surface area contributed by atoms with E-state index in [2.05, 4.69) is 22.0 Å². The Morgan fingerprint density at radius 2 is 1.85 bits per heavy atom. The SMILES string of the molecule is C=C(C)C(=O)OC1CCCCC1OC(=O)CCc1cc(C)c(O)c(-c2cccc3n[nH]nc23)c1. The van der Waals surface area contributed by atoms with Gasteiger partial charge in [0.25, 0.3) is 0 Å². The number of benzene rings is 2. The van der Waals surface area contributed by atoms with Crippen LogP contribution in [0.25, 0.3) is 22.2 Å². The molecule has 178 valence electrons. The maximum absolute atomic E-state index is 12.6. The zero-order valence-corrected chi connectivity index (χ0v) is 19.5. The molecule has 1 aliphatic rings. The number of nitrogens with zero attached hydrogens (tertiary/aromatic N) is 2. The molecule has 0 bridgehead atoms. The van der Waals surface area contributed by atoms with Crippen LogP contribution < -0.4 is 0 Å². The molecule has 0 radical (unpaired) electrons. The lowest BCUT2D eigenvalue weighted by Crippen LogP contribution is -2.38. The van der Waals surface area contributed by atoms with Crippen molar-refractivity contribution < 1.29 is 24.2 Å². The smallest absolute Gasteiger partial charge is 0.333 e. The van der Waals surface area contributed by atoms with Crippen LogP contribution in [0.1, 0.15) is 50.2 Å². The van der Waals surface area contributed by atoms with Crippen molar-refractivity contribution in [2.75, 3.05) is 0 Å². The minimum atomic E-state index is -0.456. The summed E-state index contributed by atoms with van der Waals surface area (Å²) in [5.41, 5.74) is 4.72. The number of carbonyl (C=O) groups excluding carboxylic acids is 2. The van der Waals surface area contributed by atoms with E-state index in [0.29, 0.717) is 47.0 Å². The van der Waals surface area contributed by atoms with Gasteiger partial charge in [0.15, 0.2) is 0 Å². The number of ether oxygens (including phenoxy) is 2. The number of nitrogens with one attached hydrogen (secondary N) is 1. The predicted octanol–water partition coefficient (Wildman–Crippen LogP) is 4.55. The number of aromatic nitrogens is 3. The summed E-state index contributed by atoms with van der Waals surface area (Å²) in [7, 11) is 0. The molecule has 8 heteroatoms. The van der Waals surface area contributed by atoms with Crippen molar-refractivity contribution >= 4 is 23.0 Å². The normalized spacial score (nSPS) is 17.9. The third-order valence-electron chi connectivity index (χ3n) is 6.15. The summed E-state index contributed by atoms with van der Waals surface area (Å²) in [6.07, 6.45) is 2.94. The van der Waals surface area contributed by atoms with Gasteiger partial charge in [0.2, 0.25) is 0 Å². The van der Waals surface area contributed by atoms with E-state index < -0.39 is 18.2 Å². The van der Waals surface area contributed by atoms with E-state index in [0.717, 1.165) is 24.0 Å². The lowest BCUT2D eigenvalue weighted by Gasteiger charge is -2.30. The van der Waals surface area contributed by atoms with E-state index in [4.69, 9.17) is 9.47 Å². The van der Waals surface area contributed by atoms with Crippen molar-refractivity contribution in [1.82, 2.24) is 15.4 Å². The number of aromatic amines is 1. The minimum absolute atomic E-state index is 0.172. The molecular formula is C26H29N3O5. The van der Waals surface area contributed by atoms with Gasteiger partial charge >= 0.3 is 11.9 Å². The van der Waals surface area contributed by atoms with Crippen LogP contribution in [-0.2, 0) is 25.5 Å². The molecule has 8 nitrogen and oxygen atoms in total. The maximum Gasteiger partial charge on any atom is 0.333 e. The third kappa shape index (κ3) is 5.11. The maximum atomic E-state index is 12.6. The van der Waals surface area contributed by atoms with Gasteiger partial charge in [-0.2, -0.15) is 15.4 Å². The van der Waals surface area contributed by atoms with Crippen LogP contribution in [0.3, 0.4) is 0 Å². The van der Waals surface area contributed by atoms with Gasteiger partial charge in [-0.3, -0.25) is 4.79 Å². The first-order valence-electron chi connectivity index (χ1n) is 11.5. The van der Waals surface area contributed by atoms with E-state index in [9.17, 15) is 14.7 Å². The van der Waals surface area contributed by atoms with Gasteiger partial charge in [0.05, 0.1) is 0 Å². The Morgan fingerprint density at radius 1 is 1.12 bits per heavy atom. The average Bonchev–Trinajstić information content (AvgIpc) is 3.30. The summed E-state index contributed by atoms with van der Waals surface area (Å²) < 4.78 is 11.2. The highest BCUT2D eigenvalue weighted by Crippen LogP contribution is 2.36. The monoisotopic (exact) mass is 463 g/mol. The summed E-state index contributed by atoms with van der Waals surface area (Å²) >= 11 is 0. The van der Waals surface area contributed by atoms with Crippen LogP contribution in [0, 0.1) is 6.92 Å². The molecule has 1 aromatic heterocycles. The topological polar surface area (TPSA) is 114 Å². The number of aryl methyl sites for hydroxylation is 2. The van der Waals surface area contributed by atoms with Gasteiger partial charge in [-0.25, -0.2) is 4.79 Å². The molecule has 1 heterocycles. The highest BCUT2D eigenvalue weighted by atomic mass is 16.6. The second-order valence-corrected chi connectivity index (χ2v) is 8.84. The second-order valence-electron chi connectivity index (χ2n) is 8.84. The first-order valence-corrected chi connectivity index (χ1v) is 11.5. The van der Waals surface area contributed by atoms with Crippen LogP contribution in [0.2, 0.25) is 0 Å². The fraction of sp³-hybridized carbons (Fsp3) is 0.385. The molecule has 3 aromatic rings. The van der Waals surface area contributed by atoms with E-state index in [1.807, 2.05) is 37.3 Å². The number of hydrogen-bond acceptors (Lipinski definition) is 7. The van der Waals surface area contributed by atoms with Crippen molar-refractivity contribution in [2.45, 2.75) is 64.6 Å². The molecule has 34 heavy (non-hydrogen) atoms. The first-order chi connectivity index (χ1) is 16.3. The fourth-order valence-electron chi connectivity index (χ4n) is 4.33. The number of para-hydroxylation sites is 1. The number of hydrogen-bond donors (Lipinski definition) is 2. The second kappa shape index (κ2) is 10.1. The molecule has 1 aliphatic carbocycles. The Hall–Kier alpha value is -3.68. The van der Waals surface area contributed by atoms with Gasteiger partial charge in [0.1, 0.15) is 29.0 Å². The Balaban J connectivity index is 1.45. The number of H-pyrrole nitrogens is 1. The summed E-state index contributed by atoms with van der Waals surface area (Å²) in [5.74, 6) is -0.623. The molecule has 4 rings (SSSR count). The number of fused-ring (bicyclic) bond motifs is 1. The minimum Gasteiger partial charge on any atom is -0.507 e. The highest BCUT2D eigenvalue weighted by Gasteiger charge is 2.31. The molecule has 1 saturated carbocycles. The molecule has 0 amide bonds. The summed E-state index contributed by atoms with van der Waals surface area (Å²) in [6.45, 7) is 7.04. The molecule has 0 spiro atoms. The van der Waals surface area contributed by atoms with Gasteiger partial charge in [-0.05, 0) is 69.2 Å². The lowest BCUT2D eigenvalue weighted by molar-refractivity contribution is -0.169. The van der Waals surface area contributed by atoms with Crippen LogP contribution in [0.15, 0.2) is 42.5 Å². The predicted molar refractivity (Wildman–Crippen MR) is 127 cm³/mol. The standard InChI is InChI=1S/C26H29N3O5/c1-15(2)26(32)34-22-10-5-4-9-21(22)33-23(30)12-11-17-13-16(3)25(31)19(14-17)18-7-6-8-20-24(18)28-29-27-20/h6-8,13-14,21-22,31H,1,4-5,9-12H2,2-3H3,(H,27,28,29). The van der Waals surface area contributed by atoms with Gasteiger partial charge in [-0.15, -0.1) is 0 Å². The Morgan fingerprint density at radius 3 is 2.59 bits per heavy atom. The van der Waals surface area contributed by atoms with Gasteiger partial charge < -0.3 is 14.6 Å². The number of phenols is 1. The molecule has 2 unspecified atom stereocenters. The quantitative estimate of drug-likeness (QED) is 0.390. The number of rotatable bonds is 7. The number of carbonyl (C=O) groups is 2. The van der Waals surface area contributed by atoms with E-state index >= 15 is 0 Å². The van der Waals surface area contributed by atoms with Crippen LogP contribution in [0.4, 0.5) is 0 Å². The molecule has 2 N–H and O–H groups in total. The fourth-order valence-corrected chi connectivity index (χ4v) is 4.33. The van der Waals surface area contributed by atoms with Gasteiger partial charge in [0, 0.05) is 23.1 Å². The van der Waals surface area contributed by atoms with Crippen molar-refractivity contribution in [1.29, 1.82) is 0 Å². The highest BCUT2D eigenvalue weighted by molar-refractivity contribution is 5.93. The van der Waals surface area contributed by atoms with Crippen molar-refractivity contribution in [3.63, 3.8) is 0 Å². The molecule has 0 aliphatic heterocycles. The van der Waals surface area contributed by atoms with Crippen LogP contribution >= 0.6 is 0 Å². The van der Waals surface area contributed by atoms with Crippen LogP contribution in [0.5, 0.6) is 5.75 Å². The summed E-state index contributed by atoms with van der Waals surface area (Å²) in [6, 6.07) is 9.33. The van der Waals surface area contributed by atoms with Crippen molar-refractivity contribution in [3.05, 3.63) is 53.6 Å². The van der Waals surface area contributed by atoms with E-state index in [1.54, 1.807) is 6.92 Å². The molecule has 1 fully saturated rings. The van der Waals surface area contributed by atoms with Crippen LogP contribution in [-0.4, -0.2) is 44.7 Å². The number of phenolic OH excluding ortho intramolecular Hbond substituents is 1. The zero-order valence-electron chi connectivity index (χ0n) is 19.5. The molecular weight excluding hydrogens is 434 g/mol. The Bertz CT molecular complexity index is 1230. The molecule has 2 aromatic carbocycles. The zero-order chi connectivity index (χ0) is 24.2. The largest absolute Gasteiger partial charge is 0.507 e. The number of esters is 2. The van der Waals surface area contributed by atoms with E-state index in [1.165, 1.54) is 0 Å². The Kier molecular flexibility index (Phi) is 6.95. The molecule has 0 saturated heterocycles. The van der Waals surface area contributed by atoms with Crippen molar-refractivity contribution in [3.8, 4) is 16.9 Å². The summed E-state index contributed by atoms with van der Waals surface area (Å²) in [5, 5.41) is 21.6.